The molecule has 0 bridgehead atoms. The van der Waals surface area contributed by atoms with Gasteiger partial charge in [-0.05, 0) is 67.9 Å². The van der Waals surface area contributed by atoms with Crippen molar-refractivity contribution >= 4 is 23.0 Å². The lowest BCUT2D eigenvalue weighted by Gasteiger charge is -2.11. The van der Waals surface area contributed by atoms with Crippen LogP contribution in [-0.2, 0) is 0 Å². The Morgan fingerprint density at radius 1 is 1.03 bits per heavy atom. The van der Waals surface area contributed by atoms with E-state index in [1.807, 2.05) is 74.5 Å². The summed E-state index contributed by atoms with van der Waals surface area (Å²) in [4.78, 5) is 21.6. The van der Waals surface area contributed by atoms with Gasteiger partial charge in [-0.25, -0.2) is 10.4 Å². The highest BCUT2D eigenvalue weighted by Gasteiger charge is 2.13. The summed E-state index contributed by atoms with van der Waals surface area (Å²) in [5, 5.41) is 4.84. The highest BCUT2D eigenvalue weighted by molar-refractivity contribution is 6.07. The van der Waals surface area contributed by atoms with Crippen molar-refractivity contribution in [2.24, 2.45) is 5.10 Å². The first-order valence-electron chi connectivity index (χ1n) is 10.0. The molecule has 1 amide bonds. The van der Waals surface area contributed by atoms with E-state index in [1.54, 1.807) is 24.7 Å². The second kappa shape index (κ2) is 9.17. The molecule has 0 saturated heterocycles. The van der Waals surface area contributed by atoms with Gasteiger partial charge in [-0.3, -0.25) is 9.78 Å². The molecule has 0 unspecified atom stereocenters. The summed E-state index contributed by atoms with van der Waals surface area (Å²) in [6, 6.07) is 20.7. The normalized spacial score (nSPS) is 11.2. The number of hydrogen-bond acceptors (Lipinski definition) is 5. The molecule has 6 heteroatoms. The summed E-state index contributed by atoms with van der Waals surface area (Å²) in [6.07, 6.45) is 5.02. The van der Waals surface area contributed by atoms with Crippen molar-refractivity contribution in [1.82, 2.24) is 15.4 Å². The Kier molecular flexibility index (Phi) is 5.98. The third-order valence-electron chi connectivity index (χ3n) is 4.57. The lowest BCUT2D eigenvalue weighted by atomic mass is 10.0. The lowest BCUT2D eigenvalue weighted by Crippen LogP contribution is -2.18. The lowest BCUT2D eigenvalue weighted by molar-refractivity contribution is 0.0956. The molecule has 4 rings (SSSR count). The summed E-state index contributed by atoms with van der Waals surface area (Å²) in [5.41, 5.74) is 6.31. The zero-order valence-electron chi connectivity index (χ0n) is 17.3. The molecule has 2 aromatic heterocycles. The van der Waals surface area contributed by atoms with Crippen molar-refractivity contribution in [3.63, 3.8) is 0 Å². The Bertz CT molecular complexity index is 1220. The quantitative estimate of drug-likeness (QED) is 0.364. The van der Waals surface area contributed by atoms with Crippen molar-refractivity contribution in [1.29, 1.82) is 0 Å². The molecule has 0 atom stereocenters. The van der Waals surface area contributed by atoms with Gasteiger partial charge in [0.2, 0.25) is 0 Å². The molecular weight excluding hydrogens is 388 g/mol. The Balaban J connectivity index is 1.65. The van der Waals surface area contributed by atoms with E-state index in [0.717, 1.165) is 27.8 Å². The molecule has 0 spiro atoms. The molecule has 31 heavy (non-hydrogen) atoms. The number of rotatable bonds is 6. The average Bonchev–Trinajstić information content (AvgIpc) is 2.79. The first kappa shape index (κ1) is 20.2. The Morgan fingerprint density at radius 3 is 2.52 bits per heavy atom. The average molecular weight is 410 g/mol. The maximum atomic E-state index is 12.9. The van der Waals surface area contributed by atoms with Crippen LogP contribution in [0.25, 0.3) is 22.2 Å². The number of fused-ring (bicyclic) bond motifs is 1. The fraction of sp³-hybridized carbons (Fsp3) is 0.120. The van der Waals surface area contributed by atoms with Crippen molar-refractivity contribution < 1.29 is 9.53 Å². The van der Waals surface area contributed by atoms with E-state index < -0.39 is 0 Å². The first-order valence-corrected chi connectivity index (χ1v) is 10.0. The molecule has 2 heterocycles. The maximum absolute atomic E-state index is 12.9. The molecule has 0 fully saturated rings. The van der Waals surface area contributed by atoms with Crippen molar-refractivity contribution in [3.8, 4) is 17.0 Å². The zero-order valence-corrected chi connectivity index (χ0v) is 17.3. The van der Waals surface area contributed by atoms with Gasteiger partial charge in [0.1, 0.15) is 5.75 Å². The van der Waals surface area contributed by atoms with Gasteiger partial charge in [-0.1, -0.05) is 18.2 Å². The molecule has 2 aromatic carbocycles. The highest BCUT2D eigenvalue weighted by atomic mass is 16.5. The summed E-state index contributed by atoms with van der Waals surface area (Å²) < 4.78 is 5.71. The first-order chi connectivity index (χ1) is 15.1. The summed E-state index contributed by atoms with van der Waals surface area (Å²) >= 11 is 0. The van der Waals surface area contributed by atoms with Crippen LogP contribution >= 0.6 is 0 Å². The minimum Gasteiger partial charge on any atom is -0.491 e. The van der Waals surface area contributed by atoms with Crippen LogP contribution in [0.2, 0.25) is 0 Å². The Labute approximate surface area is 180 Å². The van der Waals surface area contributed by atoms with Gasteiger partial charge in [-0.15, -0.1) is 0 Å². The van der Waals surface area contributed by atoms with Crippen molar-refractivity contribution in [3.05, 3.63) is 90.3 Å². The molecule has 6 nitrogen and oxygen atoms in total. The minimum absolute atomic E-state index is 0.104. The van der Waals surface area contributed by atoms with Crippen LogP contribution in [0.5, 0.6) is 5.75 Å². The molecule has 0 radical (unpaired) electrons. The molecule has 0 saturated carbocycles. The number of nitrogens with one attached hydrogen (secondary N) is 1. The number of hydrogen-bond donors (Lipinski definition) is 1. The van der Waals surface area contributed by atoms with Crippen molar-refractivity contribution in [2.75, 3.05) is 0 Å². The SMILES string of the molecule is CC(C)Oc1ccc(-c2cc(C(=O)NN=Cc3ccncc3)c3ccccc3n2)cc1. The van der Waals surface area contributed by atoms with Crippen LogP contribution < -0.4 is 10.2 Å². The van der Waals surface area contributed by atoms with E-state index in [0.29, 0.717) is 11.3 Å². The van der Waals surface area contributed by atoms with E-state index in [2.05, 4.69) is 15.5 Å². The topological polar surface area (TPSA) is 76.5 Å². The van der Waals surface area contributed by atoms with Crippen LogP contribution in [0.4, 0.5) is 0 Å². The second-order valence-electron chi connectivity index (χ2n) is 7.24. The number of para-hydroxylation sites is 1. The summed E-state index contributed by atoms with van der Waals surface area (Å²) in [5.74, 6) is 0.493. The van der Waals surface area contributed by atoms with E-state index >= 15 is 0 Å². The minimum atomic E-state index is -0.301. The van der Waals surface area contributed by atoms with E-state index in [-0.39, 0.29) is 12.0 Å². The van der Waals surface area contributed by atoms with Gasteiger partial charge in [0.25, 0.3) is 5.91 Å². The third kappa shape index (κ3) is 4.93. The van der Waals surface area contributed by atoms with E-state index in [4.69, 9.17) is 9.72 Å². The third-order valence-corrected chi connectivity index (χ3v) is 4.57. The standard InChI is InChI=1S/C25H22N4O2/c1-17(2)31-20-9-7-19(8-10-20)24-15-22(21-5-3-4-6-23(21)28-24)25(30)29-27-16-18-11-13-26-14-12-18/h3-17H,1-2H3,(H,29,30). The number of carbonyl (C=O) groups excluding carboxylic acids is 1. The number of carbonyl (C=O) groups is 1. The number of hydrazone groups is 1. The van der Waals surface area contributed by atoms with Crippen LogP contribution in [0.3, 0.4) is 0 Å². The van der Waals surface area contributed by atoms with Gasteiger partial charge in [0.15, 0.2) is 0 Å². The fourth-order valence-corrected chi connectivity index (χ4v) is 3.16. The van der Waals surface area contributed by atoms with Crippen molar-refractivity contribution in [2.45, 2.75) is 20.0 Å². The number of nitrogens with zero attached hydrogens (tertiary/aromatic N) is 3. The van der Waals surface area contributed by atoms with Gasteiger partial charge in [0, 0.05) is 23.3 Å². The number of amides is 1. The molecular formula is C25H22N4O2. The van der Waals surface area contributed by atoms with Crippen LogP contribution in [0.1, 0.15) is 29.8 Å². The van der Waals surface area contributed by atoms with Gasteiger partial charge in [0.05, 0.1) is 29.1 Å². The van der Waals surface area contributed by atoms with E-state index in [1.165, 1.54) is 0 Å². The fourth-order valence-electron chi connectivity index (χ4n) is 3.16. The number of aromatic nitrogens is 2. The zero-order chi connectivity index (χ0) is 21.6. The van der Waals surface area contributed by atoms with Crippen LogP contribution in [0, 0.1) is 0 Å². The van der Waals surface area contributed by atoms with Crippen LogP contribution in [0.15, 0.2) is 84.2 Å². The molecule has 1 N–H and O–H groups in total. The molecule has 4 aromatic rings. The monoisotopic (exact) mass is 410 g/mol. The summed E-state index contributed by atoms with van der Waals surface area (Å²) in [6.45, 7) is 3.97. The van der Waals surface area contributed by atoms with Crippen LogP contribution in [-0.4, -0.2) is 28.2 Å². The largest absolute Gasteiger partial charge is 0.491 e. The Hall–Kier alpha value is -4.06. The number of pyridine rings is 2. The maximum Gasteiger partial charge on any atom is 0.272 e. The highest BCUT2D eigenvalue weighted by Crippen LogP contribution is 2.26. The second-order valence-corrected chi connectivity index (χ2v) is 7.24. The molecule has 0 aliphatic carbocycles. The molecule has 154 valence electrons. The summed E-state index contributed by atoms with van der Waals surface area (Å²) in [7, 11) is 0. The molecule has 0 aliphatic heterocycles. The van der Waals surface area contributed by atoms with Gasteiger partial charge >= 0.3 is 0 Å². The molecule has 0 aliphatic rings. The Morgan fingerprint density at radius 2 is 1.77 bits per heavy atom. The van der Waals surface area contributed by atoms with E-state index in [9.17, 15) is 4.79 Å². The van der Waals surface area contributed by atoms with Gasteiger partial charge < -0.3 is 4.74 Å². The number of ether oxygens (including phenoxy) is 1. The number of benzene rings is 2. The smallest absolute Gasteiger partial charge is 0.272 e. The predicted octanol–water partition coefficient (Wildman–Crippen LogP) is 4.85. The predicted molar refractivity (Wildman–Crippen MR) is 122 cm³/mol. The van der Waals surface area contributed by atoms with Gasteiger partial charge in [-0.2, -0.15) is 5.10 Å².